The van der Waals surface area contributed by atoms with Gasteiger partial charge in [-0.15, -0.1) is 0 Å². The van der Waals surface area contributed by atoms with Crippen LogP contribution in [0.3, 0.4) is 0 Å². The van der Waals surface area contributed by atoms with Crippen LogP contribution >= 0.6 is 11.6 Å². The Morgan fingerprint density at radius 3 is 2.89 bits per heavy atom. The van der Waals surface area contributed by atoms with Crippen LogP contribution in [0.5, 0.6) is 11.5 Å². The summed E-state index contributed by atoms with van der Waals surface area (Å²) >= 11 is 5.99. The number of nitrogens with zero attached hydrogens (tertiary/aromatic N) is 3. The highest BCUT2D eigenvalue weighted by atomic mass is 35.5. The van der Waals surface area contributed by atoms with Gasteiger partial charge in [0.05, 0.1) is 27.9 Å². The minimum absolute atomic E-state index is 0.116. The maximum Gasteiger partial charge on any atom is 0.175 e. The first-order chi connectivity index (χ1) is 13.0. The number of hydrogen-bond donors (Lipinski definition) is 2. The molecule has 1 aliphatic rings. The van der Waals surface area contributed by atoms with Gasteiger partial charge in [0.2, 0.25) is 0 Å². The van der Waals surface area contributed by atoms with Gasteiger partial charge in [0.25, 0.3) is 0 Å². The molecule has 1 aromatic heterocycles. The summed E-state index contributed by atoms with van der Waals surface area (Å²) in [4.78, 5) is 2.23. The molecule has 4 rings (SSSR count). The topological polar surface area (TPSA) is 93.5 Å². The summed E-state index contributed by atoms with van der Waals surface area (Å²) in [6.45, 7) is 2.11. The molecule has 0 fully saturated rings. The van der Waals surface area contributed by atoms with Crippen molar-refractivity contribution in [3.63, 3.8) is 0 Å². The number of phenolic OH excluding ortho intramolecular Hbond substituents is 2. The summed E-state index contributed by atoms with van der Waals surface area (Å²) < 4.78 is 5.49. The van der Waals surface area contributed by atoms with Crippen LogP contribution in [0.25, 0.3) is 11.3 Å². The SMILES string of the molecule is N#Cc1cccc(CN2CCc3noc(-c4cc(Cl)c(O)cc4O)c3C2)c1. The Kier molecular flexibility index (Phi) is 4.48. The van der Waals surface area contributed by atoms with Gasteiger partial charge in [0.15, 0.2) is 5.76 Å². The van der Waals surface area contributed by atoms with E-state index < -0.39 is 0 Å². The molecule has 0 unspecified atom stereocenters. The number of fused-ring (bicyclic) bond motifs is 1. The number of aromatic nitrogens is 1. The monoisotopic (exact) mass is 381 g/mol. The van der Waals surface area contributed by atoms with E-state index in [1.807, 2.05) is 18.2 Å². The fourth-order valence-electron chi connectivity index (χ4n) is 3.35. The molecular formula is C20H16ClN3O3. The Morgan fingerprint density at radius 2 is 2.07 bits per heavy atom. The van der Waals surface area contributed by atoms with Gasteiger partial charge in [-0.05, 0) is 23.8 Å². The first kappa shape index (κ1) is 17.4. The number of benzene rings is 2. The molecule has 0 atom stereocenters. The van der Waals surface area contributed by atoms with Crippen LogP contribution in [0.1, 0.15) is 22.4 Å². The van der Waals surface area contributed by atoms with Crippen molar-refractivity contribution in [2.75, 3.05) is 6.54 Å². The lowest BCUT2D eigenvalue weighted by molar-refractivity contribution is 0.245. The van der Waals surface area contributed by atoms with E-state index in [4.69, 9.17) is 21.4 Å². The zero-order valence-corrected chi connectivity index (χ0v) is 15.1. The van der Waals surface area contributed by atoms with E-state index in [0.29, 0.717) is 30.0 Å². The molecule has 1 aliphatic heterocycles. The summed E-state index contributed by atoms with van der Waals surface area (Å²) in [7, 11) is 0. The number of aromatic hydroxyl groups is 2. The van der Waals surface area contributed by atoms with Crippen LogP contribution < -0.4 is 0 Å². The molecule has 0 spiro atoms. The summed E-state index contributed by atoms with van der Waals surface area (Å²) in [5, 5.41) is 33.2. The molecule has 136 valence electrons. The van der Waals surface area contributed by atoms with E-state index in [1.165, 1.54) is 12.1 Å². The lowest BCUT2D eigenvalue weighted by atomic mass is 10.00. The molecule has 0 saturated heterocycles. The zero-order chi connectivity index (χ0) is 19.0. The molecular weight excluding hydrogens is 366 g/mol. The van der Waals surface area contributed by atoms with E-state index in [1.54, 1.807) is 6.07 Å². The third-order valence-electron chi connectivity index (χ3n) is 4.69. The van der Waals surface area contributed by atoms with Crippen LogP contribution in [-0.4, -0.2) is 26.8 Å². The van der Waals surface area contributed by atoms with Crippen molar-refractivity contribution in [3.05, 3.63) is 63.8 Å². The Balaban J connectivity index is 1.62. The fraction of sp³-hybridized carbons (Fsp3) is 0.200. The number of rotatable bonds is 3. The van der Waals surface area contributed by atoms with Crippen molar-refractivity contribution in [1.29, 1.82) is 5.26 Å². The molecule has 7 heteroatoms. The van der Waals surface area contributed by atoms with Crippen LogP contribution in [0.4, 0.5) is 0 Å². The second-order valence-electron chi connectivity index (χ2n) is 6.53. The highest BCUT2D eigenvalue weighted by molar-refractivity contribution is 6.32. The summed E-state index contributed by atoms with van der Waals surface area (Å²) in [6, 6.07) is 12.4. The Bertz CT molecular complexity index is 1060. The largest absolute Gasteiger partial charge is 0.507 e. The molecule has 0 radical (unpaired) electrons. The molecule has 0 bridgehead atoms. The quantitative estimate of drug-likeness (QED) is 0.716. The average molecular weight is 382 g/mol. The lowest BCUT2D eigenvalue weighted by Crippen LogP contribution is -2.30. The second-order valence-corrected chi connectivity index (χ2v) is 6.94. The molecule has 2 heterocycles. The number of halogens is 1. The number of nitriles is 1. The van der Waals surface area contributed by atoms with E-state index >= 15 is 0 Å². The van der Waals surface area contributed by atoms with Crippen molar-refractivity contribution in [2.45, 2.75) is 19.5 Å². The lowest BCUT2D eigenvalue weighted by Gasteiger charge is -2.26. The average Bonchev–Trinajstić information content (AvgIpc) is 3.08. The Hall–Kier alpha value is -3.01. The molecule has 2 N–H and O–H groups in total. The van der Waals surface area contributed by atoms with Crippen LogP contribution in [0.2, 0.25) is 5.02 Å². The van der Waals surface area contributed by atoms with Crippen LogP contribution in [-0.2, 0) is 19.5 Å². The summed E-state index contributed by atoms with van der Waals surface area (Å²) in [5.41, 5.74) is 3.86. The third kappa shape index (κ3) is 3.35. The highest BCUT2D eigenvalue weighted by Crippen LogP contribution is 2.40. The van der Waals surface area contributed by atoms with E-state index in [2.05, 4.69) is 16.1 Å². The van der Waals surface area contributed by atoms with Gasteiger partial charge in [-0.1, -0.05) is 28.9 Å². The van der Waals surface area contributed by atoms with Gasteiger partial charge < -0.3 is 14.7 Å². The third-order valence-corrected chi connectivity index (χ3v) is 4.99. The number of phenols is 2. The molecule has 6 nitrogen and oxygen atoms in total. The second kappa shape index (κ2) is 6.95. The Labute approximate surface area is 160 Å². The van der Waals surface area contributed by atoms with E-state index in [-0.39, 0.29) is 16.5 Å². The predicted molar refractivity (Wildman–Crippen MR) is 99.3 cm³/mol. The van der Waals surface area contributed by atoms with E-state index in [9.17, 15) is 10.2 Å². The van der Waals surface area contributed by atoms with Crippen molar-refractivity contribution >= 4 is 11.6 Å². The summed E-state index contributed by atoms with van der Waals surface area (Å²) in [5.74, 6) is 0.153. The van der Waals surface area contributed by atoms with Gasteiger partial charge in [0, 0.05) is 37.7 Å². The van der Waals surface area contributed by atoms with Gasteiger partial charge >= 0.3 is 0 Å². The molecule has 3 aromatic rings. The van der Waals surface area contributed by atoms with Crippen LogP contribution in [0, 0.1) is 11.3 Å². The molecule has 0 amide bonds. The Morgan fingerprint density at radius 1 is 1.22 bits per heavy atom. The highest BCUT2D eigenvalue weighted by Gasteiger charge is 2.26. The minimum atomic E-state index is -0.190. The zero-order valence-electron chi connectivity index (χ0n) is 14.3. The first-order valence-electron chi connectivity index (χ1n) is 8.46. The molecule has 2 aromatic carbocycles. The minimum Gasteiger partial charge on any atom is -0.507 e. The van der Waals surface area contributed by atoms with Crippen molar-refractivity contribution < 1.29 is 14.7 Å². The van der Waals surface area contributed by atoms with Crippen LogP contribution in [0.15, 0.2) is 40.9 Å². The smallest absolute Gasteiger partial charge is 0.175 e. The summed E-state index contributed by atoms with van der Waals surface area (Å²) in [6.07, 6.45) is 0.726. The predicted octanol–water partition coefficient (Wildman–Crippen LogP) is 3.84. The molecule has 27 heavy (non-hydrogen) atoms. The molecule has 0 saturated carbocycles. The van der Waals surface area contributed by atoms with Crippen molar-refractivity contribution in [1.82, 2.24) is 10.1 Å². The van der Waals surface area contributed by atoms with E-state index in [0.717, 1.165) is 29.8 Å². The maximum atomic E-state index is 10.2. The van der Waals surface area contributed by atoms with Gasteiger partial charge in [-0.3, -0.25) is 4.90 Å². The fourth-order valence-corrected chi connectivity index (χ4v) is 3.51. The molecule has 0 aliphatic carbocycles. The standard InChI is InChI=1S/C20H16ClN3O3/c21-16-7-14(18(25)8-19(16)26)20-15-11-24(5-4-17(15)23-27-20)10-13-3-1-2-12(6-13)9-22/h1-3,6-8,25-26H,4-5,10-11H2. The van der Waals surface area contributed by atoms with Crippen molar-refractivity contribution in [3.8, 4) is 28.9 Å². The first-order valence-corrected chi connectivity index (χ1v) is 8.83. The maximum absolute atomic E-state index is 10.2. The van der Waals surface area contributed by atoms with Crippen molar-refractivity contribution in [2.24, 2.45) is 0 Å². The number of hydrogen-bond acceptors (Lipinski definition) is 6. The van der Waals surface area contributed by atoms with Gasteiger partial charge in [-0.2, -0.15) is 5.26 Å². The normalized spacial score (nSPS) is 13.9. The van der Waals surface area contributed by atoms with Gasteiger partial charge in [0.1, 0.15) is 11.5 Å². The van der Waals surface area contributed by atoms with Gasteiger partial charge in [-0.25, -0.2) is 0 Å².